The fourth-order valence-electron chi connectivity index (χ4n) is 6.47. The van der Waals surface area contributed by atoms with E-state index in [-0.39, 0.29) is 58.2 Å². The number of phenolic OH excluding ortho intramolecular Hbond substituents is 2. The molecule has 0 saturated carbocycles. The van der Waals surface area contributed by atoms with Crippen LogP contribution in [0.5, 0.6) is 11.5 Å². The fourth-order valence-corrected chi connectivity index (χ4v) is 6.47. The van der Waals surface area contributed by atoms with Crippen LogP contribution >= 0.6 is 0 Å². The van der Waals surface area contributed by atoms with E-state index < -0.39 is 0 Å². The minimum atomic E-state index is -0.319. The standard InChI is InChI=1S/C40H64N2O4/c1-37(2,3)29-19-27(20-30(35(29)45)38(4,5)6)25(23-33(41)43)17-15-13-14-16-18-26(24-34(42)44)28-21-31(39(7,8)9)36(46)32(22-28)40(10,11)12/h19-22,25-26,45-46H,13-18,23-24H2,1-12H3,(H2,41,43)(H2,42,44). The van der Waals surface area contributed by atoms with Gasteiger partial charge in [-0.05, 0) is 79.7 Å². The maximum atomic E-state index is 12.2. The van der Waals surface area contributed by atoms with Crippen molar-refractivity contribution in [2.75, 3.05) is 0 Å². The number of carbonyl (C=O) groups is 2. The second-order valence-corrected chi connectivity index (χ2v) is 17.7. The van der Waals surface area contributed by atoms with Crippen molar-refractivity contribution in [1.82, 2.24) is 0 Å². The monoisotopic (exact) mass is 636 g/mol. The number of nitrogens with two attached hydrogens (primary N) is 2. The Morgan fingerprint density at radius 3 is 0.957 bits per heavy atom. The number of phenols is 2. The molecule has 0 heterocycles. The molecule has 0 saturated heterocycles. The number of hydrogen-bond donors (Lipinski definition) is 4. The van der Waals surface area contributed by atoms with Gasteiger partial charge in [0, 0.05) is 12.8 Å². The molecule has 2 aromatic rings. The summed E-state index contributed by atoms with van der Waals surface area (Å²) in [6.45, 7) is 25.2. The Labute approximate surface area is 279 Å². The zero-order valence-electron chi connectivity index (χ0n) is 31.0. The van der Waals surface area contributed by atoms with Gasteiger partial charge in [-0.25, -0.2) is 0 Å². The first-order chi connectivity index (χ1) is 20.8. The van der Waals surface area contributed by atoms with E-state index in [1.807, 2.05) is 0 Å². The van der Waals surface area contributed by atoms with Gasteiger partial charge in [-0.2, -0.15) is 0 Å². The maximum absolute atomic E-state index is 12.2. The highest BCUT2D eigenvalue weighted by Crippen LogP contribution is 2.44. The van der Waals surface area contributed by atoms with Gasteiger partial charge >= 0.3 is 0 Å². The number of primary amides is 2. The third kappa shape index (κ3) is 10.8. The van der Waals surface area contributed by atoms with Gasteiger partial charge in [-0.3, -0.25) is 9.59 Å². The van der Waals surface area contributed by atoms with Crippen LogP contribution in [0.3, 0.4) is 0 Å². The normalized spacial score (nSPS) is 14.3. The molecule has 2 aromatic carbocycles. The van der Waals surface area contributed by atoms with Gasteiger partial charge in [0.05, 0.1) is 0 Å². The highest BCUT2D eigenvalue weighted by molar-refractivity contribution is 5.75. The Kier molecular flexibility index (Phi) is 12.6. The molecule has 0 aliphatic carbocycles. The summed E-state index contributed by atoms with van der Waals surface area (Å²) in [5.41, 5.74) is 16.1. The van der Waals surface area contributed by atoms with Crippen molar-refractivity contribution in [3.05, 3.63) is 57.6 Å². The van der Waals surface area contributed by atoms with Crippen LogP contribution in [0.25, 0.3) is 0 Å². The van der Waals surface area contributed by atoms with Gasteiger partial charge in [0.1, 0.15) is 11.5 Å². The molecule has 0 spiro atoms. The first-order valence-corrected chi connectivity index (χ1v) is 17.2. The van der Waals surface area contributed by atoms with E-state index in [2.05, 4.69) is 107 Å². The summed E-state index contributed by atoms with van der Waals surface area (Å²) in [6, 6.07) is 8.29. The van der Waals surface area contributed by atoms with E-state index in [0.717, 1.165) is 71.9 Å². The molecule has 0 fully saturated rings. The quantitative estimate of drug-likeness (QED) is 0.163. The number of aromatic hydroxyl groups is 2. The van der Waals surface area contributed by atoms with Crippen molar-refractivity contribution in [3.8, 4) is 11.5 Å². The van der Waals surface area contributed by atoms with Gasteiger partial charge in [0.25, 0.3) is 0 Å². The Morgan fingerprint density at radius 2 is 0.761 bits per heavy atom. The summed E-state index contributed by atoms with van der Waals surface area (Å²) in [7, 11) is 0. The molecule has 0 bridgehead atoms. The van der Waals surface area contributed by atoms with E-state index >= 15 is 0 Å². The first-order valence-electron chi connectivity index (χ1n) is 17.2. The van der Waals surface area contributed by atoms with Crippen molar-refractivity contribution < 1.29 is 19.8 Å². The van der Waals surface area contributed by atoms with Crippen molar-refractivity contribution in [2.24, 2.45) is 11.5 Å². The second kappa shape index (κ2) is 14.8. The lowest BCUT2D eigenvalue weighted by atomic mass is 9.76. The van der Waals surface area contributed by atoms with Crippen LogP contribution in [0.1, 0.15) is 180 Å². The largest absolute Gasteiger partial charge is 0.507 e. The predicted octanol–water partition coefficient (Wildman–Crippen LogP) is 9.25. The highest BCUT2D eigenvalue weighted by atomic mass is 16.3. The molecule has 46 heavy (non-hydrogen) atoms. The van der Waals surface area contributed by atoms with E-state index in [4.69, 9.17) is 11.5 Å². The number of amides is 2. The summed E-state index contributed by atoms with van der Waals surface area (Å²) >= 11 is 0. The van der Waals surface area contributed by atoms with E-state index in [1.165, 1.54) is 0 Å². The number of carbonyl (C=O) groups excluding carboxylic acids is 2. The molecule has 6 heteroatoms. The lowest BCUT2D eigenvalue weighted by molar-refractivity contribution is -0.119. The van der Waals surface area contributed by atoms with Gasteiger partial charge in [-0.1, -0.05) is 133 Å². The zero-order valence-corrected chi connectivity index (χ0v) is 31.0. The number of rotatable bonds is 13. The number of benzene rings is 2. The van der Waals surface area contributed by atoms with E-state index in [9.17, 15) is 19.8 Å². The molecule has 2 unspecified atom stereocenters. The molecular weight excluding hydrogens is 572 g/mol. The maximum Gasteiger partial charge on any atom is 0.218 e. The van der Waals surface area contributed by atoms with Crippen molar-refractivity contribution in [3.63, 3.8) is 0 Å². The van der Waals surface area contributed by atoms with E-state index in [0.29, 0.717) is 11.5 Å². The summed E-state index contributed by atoms with van der Waals surface area (Å²) in [5, 5.41) is 22.4. The third-order valence-electron chi connectivity index (χ3n) is 9.19. The first kappa shape index (κ1) is 39.2. The van der Waals surface area contributed by atoms with Crippen LogP contribution < -0.4 is 11.5 Å². The molecular formula is C40H64N2O4. The SMILES string of the molecule is CC(C)(C)c1cc(C(CCCCCCC(CC(N)=O)c2cc(C(C)(C)C)c(O)c(C(C)(C)C)c2)CC(N)=O)cc(C(C)(C)C)c1O. The summed E-state index contributed by atoms with van der Waals surface area (Å²) in [5.74, 6) is -0.00622. The Morgan fingerprint density at radius 1 is 0.522 bits per heavy atom. The summed E-state index contributed by atoms with van der Waals surface area (Å²) < 4.78 is 0. The third-order valence-corrected chi connectivity index (χ3v) is 9.19. The topological polar surface area (TPSA) is 127 Å². The van der Waals surface area contributed by atoms with E-state index in [1.54, 1.807) is 0 Å². The predicted molar refractivity (Wildman–Crippen MR) is 192 cm³/mol. The lowest BCUT2D eigenvalue weighted by Crippen LogP contribution is -2.20. The Bertz CT molecular complexity index is 1190. The molecule has 0 aromatic heterocycles. The molecule has 2 atom stereocenters. The van der Waals surface area contributed by atoms with Crippen LogP contribution in [0.15, 0.2) is 24.3 Å². The molecule has 0 radical (unpaired) electrons. The minimum absolute atomic E-state index is 0.0217. The molecule has 6 N–H and O–H groups in total. The lowest BCUT2D eigenvalue weighted by Gasteiger charge is -2.30. The van der Waals surface area contributed by atoms with Gasteiger partial charge < -0.3 is 21.7 Å². The van der Waals surface area contributed by atoms with Crippen LogP contribution in [0, 0.1) is 0 Å². The molecule has 0 aliphatic rings. The summed E-state index contributed by atoms with van der Waals surface area (Å²) in [6.07, 6.45) is 6.06. The van der Waals surface area contributed by atoms with Crippen LogP contribution in [-0.4, -0.2) is 22.0 Å². The molecule has 2 rings (SSSR count). The average molecular weight is 637 g/mol. The van der Waals surface area contributed by atoms with Gasteiger partial charge in [0.15, 0.2) is 0 Å². The van der Waals surface area contributed by atoms with Crippen LogP contribution in [0.2, 0.25) is 0 Å². The number of unbranched alkanes of at least 4 members (excludes halogenated alkanes) is 3. The van der Waals surface area contributed by atoms with Crippen molar-refractivity contribution in [2.45, 2.75) is 168 Å². The number of hydrogen-bond acceptors (Lipinski definition) is 4. The van der Waals surface area contributed by atoms with Crippen molar-refractivity contribution in [1.29, 1.82) is 0 Å². The molecule has 258 valence electrons. The Hall–Kier alpha value is -3.02. The van der Waals surface area contributed by atoms with Gasteiger partial charge in [-0.15, -0.1) is 0 Å². The molecule has 0 aliphatic heterocycles. The summed E-state index contributed by atoms with van der Waals surface area (Å²) in [4.78, 5) is 24.3. The van der Waals surface area contributed by atoms with Gasteiger partial charge in [0.2, 0.25) is 11.8 Å². The van der Waals surface area contributed by atoms with Crippen molar-refractivity contribution >= 4 is 11.8 Å². The Balaban J connectivity index is 2.24. The second-order valence-electron chi connectivity index (χ2n) is 17.7. The van der Waals surface area contributed by atoms with Crippen LogP contribution in [0.4, 0.5) is 0 Å². The van der Waals surface area contributed by atoms with Crippen LogP contribution in [-0.2, 0) is 31.2 Å². The molecule has 6 nitrogen and oxygen atoms in total. The minimum Gasteiger partial charge on any atom is -0.507 e. The molecule has 2 amide bonds. The fraction of sp³-hybridized carbons (Fsp3) is 0.650. The highest BCUT2D eigenvalue weighted by Gasteiger charge is 2.30. The average Bonchev–Trinajstić information content (AvgIpc) is 2.86. The zero-order chi connectivity index (χ0) is 35.4. The smallest absolute Gasteiger partial charge is 0.218 e.